The van der Waals surface area contributed by atoms with E-state index in [1.165, 1.54) is 5.56 Å². The molecule has 2 aromatic carbocycles. The van der Waals surface area contributed by atoms with Gasteiger partial charge in [-0.1, -0.05) is 6.07 Å². The molecule has 0 bridgehead atoms. The molecule has 1 N–H and O–H groups in total. The Bertz CT molecular complexity index is 829. The van der Waals surface area contributed by atoms with Gasteiger partial charge in [0, 0.05) is 5.92 Å². The number of benzene rings is 2. The van der Waals surface area contributed by atoms with Gasteiger partial charge in [-0.05, 0) is 60.2 Å². The van der Waals surface area contributed by atoms with Crippen LogP contribution in [0.5, 0.6) is 23.0 Å². The highest BCUT2D eigenvalue weighted by molar-refractivity contribution is 5.55. The maximum absolute atomic E-state index is 10.7. The standard InChI is InChI=1S/C19H18O5/c1-10-13(2-3-16-19(10)24-9-21-16)14-4-11-6-17-18(23-8-22-17)7-12(11)5-15(14)20/h2-3,6-7,14-15,20H,4-5,8-9H2,1H3/t14-,15-/m0/s1. The van der Waals surface area contributed by atoms with Crippen LogP contribution in [-0.4, -0.2) is 24.8 Å². The van der Waals surface area contributed by atoms with Crippen molar-refractivity contribution < 1.29 is 24.1 Å². The largest absolute Gasteiger partial charge is 0.454 e. The molecule has 5 rings (SSSR count). The summed E-state index contributed by atoms with van der Waals surface area (Å²) in [6.07, 6.45) is 0.954. The van der Waals surface area contributed by atoms with Crippen molar-refractivity contribution in [1.29, 1.82) is 0 Å². The summed E-state index contributed by atoms with van der Waals surface area (Å²) in [5.74, 6) is 3.19. The monoisotopic (exact) mass is 326 g/mol. The molecule has 0 unspecified atom stereocenters. The number of ether oxygens (including phenoxy) is 4. The van der Waals surface area contributed by atoms with Crippen molar-refractivity contribution in [3.05, 3.63) is 46.5 Å². The first-order valence-corrected chi connectivity index (χ1v) is 8.19. The Balaban J connectivity index is 1.54. The summed E-state index contributed by atoms with van der Waals surface area (Å²) in [6, 6.07) is 8.05. The van der Waals surface area contributed by atoms with Gasteiger partial charge in [-0.25, -0.2) is 0 Å². The smallest absolute Gasteiger partial charge is 0.231 e. The Morgan fingerprint density at radius 1 is 0.875 bits per heavy atom. The normalized spacial score (nSPS) is 23.2. The van der Waals surface area contributed by atoms with Gasteiger partial charge in [0.1, 0.15) is 0 Å². The Morgan fingerprint density at radius 3 is 2.33 bits per heavy atom. The van der Waals surface area contributed by atoms with Crippen molar-refractivity contribution in [2.75, 3.05) is 13.6 Å². The van der Waals surface area contributed by atoms with Crippen molar-refractivity contribution in [2.45, 2.75) is 31.8 Å². The summed E-state index contributed by atoms with van der Waals surface area (Å²) in [6.45, 7) is 2.56. The van der Waals surface area contributed by atoms with Crippen molar-refractivity contribution in [1.82, 2.24) is 0 Å². The van der Waals surface area contributed by atoms with E-state index < -0.39 is 6.10 Å². The third kappa shape index (κ3) is 1.97. The number of hydrogen-bond donors (Lipinski definition) is 1. The van der Waals surface area contributed by atoms with Crippen molar-refractivity contribution in [2.24, 2.45) is 0 Å². The van der Waals surface area contributed by atoms with Gasteiger partial charge in [0.05, 0.1) is 6.10 Å². The molecule has 0 fully saturated rings. The van der Waals surface area contributed by atoms with Crippen LogP contribution in [0.2, 0.25) is 0 Å². The molecular weight excluding hydrogens is 308 g/mol. The molecule has 5 nitrogen and oxygen atoms in total. The van der Waals surface area contributed by atoms with Gasteiger partial charge in [-0.3, -0.25) is 0 Å². The van der Waals surface area contributed by atoms with E-state index in [2.05, 4.69) is 12.1 Å². The van der Waals surface area contributed by atoms with E-state index in [9.17, 15) is 5.11 Å². The minimum absolute atomic E-state index is 0.0346. The predicted molar refractivity (Wildman–Crippen MR) is 86.0 cm³/mol. The SMILES string of the molecule is Cc1c([C@@H]2Cc3cc4c(cc3C[C@@H]2O)OCO4)ccc2c1OCO2. The average molecular weight is 326 g/mol. The maximum Gasteiger partial charge on any atom is 0.231 e. The molecule has 2 heterocycles. The first-order valence-electron chi connectivity index (χ1n) is 8.19. The van der Waals surface area contributed by atoms with Crippen LogP contribution in [0.15, 0.2) is 24.3 Å². The molecule has 2 aromatic rings. The Labute approximate surface area is 139 Å². The molecule has 5 heteroatoms. The van der Waals surface area contributed by atoms with Crippen LogP contribution >= 0.6 is 0 Å². The molecule has 3 aliphatic rings. The number of aliphatic hydroxyl groups excluding tert-OH is 1. The lowest BCUT2D eigenvalue weighted by Gasteiger charge is -2.31. The average Bonchev–Trinajstić information content (AvgIpc) is 3.21. The topological polar surface area (TPSA) is 57.2 Å². The van der Waals surface area contributed by atoms with Crippen LogP contribution in [0.3, 0.4) is 0 Å². The predicted octanol–water partition coefficient (Wildman–Crippen LogP) is 2.70. The third-order valence-electron chi connectivity index (χ3n) is 5.26. The van der Waals surface area contributed by atoms with Crippen LogP contribution in [0.1, 0.15) is 28.2 Å². The van der Waals surface area contributed by atoms with E-state index in [-0.39, 0.29) is 19.5 Å². The van der Waals surface area contributed by atoms with E-state index in [1.54, 1.807) is 0 Å². The van der Waals surface area contributed by atoms with Crippen LogP contribution in [-0.2, 0) is 12.8 Å². The summed E-state index contributed by atoms with van der Waals surface area (Å²) >= 11 is 0. The van der Waals surface area contributed by atoms with E-state index in [0.717, 1.165) is 46.1 Å². The lowest BCUT2D eigenvalue weighted by atomic mass is 9.76. The van der Waals surface area contributed by atoms with Crippen LogP contribution in [0.25, 0.3) is 0 Å². The van der Waals surface area contributed by atoms with E-state index in [0.29, 0.717) is 6.42 Å². The van der Waals surface area contributed by atoms with E-state index >= 15 is 0 Å². The van der Waals surface area contributed by atoms with Crippen molar-refractivity contribution >= 4 is 0 Å². The van der Waals surface area contributed by atoms with Gasteiger partial charge in [0.2, 0.25) is 13.6 Å². The van der Waals surface area contributed by atoms with Crippen LogP contribution < -0.4 is 18.9 Å². The minimum Gasteiger partial charge on any atom is -0.454 e. The Kier molecular flexibility index (Phi) is 2.94. The summed E-state index contributed by atoms with van der Waals surface area (Å²) in [5, 5.41) is 10.7. The summed E-state index contributed by atoms with van der Waals surface area (Å²) in [4.78, 5) is 0. The fraction of sp³-hybridized carbons (Fsp3) is 0.368. The molecule has 0 saturated heterocycles. The zero-order chi connectivity index (χ0) is 16.3. The second-order valence-corrected chi connectivity index (χ2v) is 6.57. The molecule has 2 aliphatic heterocycles. The van der Waals surface area contributed by atoms with Gasteiger partial charge in [-0.15, -0.1) is 0 Å². The fourth-order valence-electron chi connectivity index (χ4n) is 3.99. The molecule has 2 atom stereocenters. The lowest BCUT2D eigenvalue weighted by Crippen LogP contribution is -2.28. The Morgan fingerprint density at radius 2 is 1.54 bits per heavy atom. The number of hydrogen-bond acceptors (Lipinski definition) is 5. The molecule has 0 spiro atoms. The molecule has 24 heavy (non-hydrogen) atoms. The quantitative estimate of drug-likeness (QED) is 0.873. The number of fused-ring (bicyclic) bond motifs is 3. The molecule has 0 aromatic heterocycles. The molecule has 0 amide bonds. The van der Waals surface area contributed by atoms with Gasteiger partial charge in [0.15, 0.2) is 23.0 Å². The summed E-state index contributed by atoms with van der Waals surface area (Å²) in [7, 11) is 0. The summed E-state index contributed by atoms with van der Waals surface area (Å²) in [5.41, 5.74) is 4.53. The van der Waals surface area contributed by atoms with Gasteiger partial charge >= 0.3 is 0 Å². The van der Waals surface area contributed by atoms with Gasteiger partial charge in [-0.2, -0.15) is 0 Å². The second-order valence-electron chi connectivity index (χ2n) is 6.57. The maximum atomic E-state index is 10.7. The molecule has 0 radical (unpaired) electrons. The molecular formula is C19H18O5. The first kappa shape index (κ1) is 14.0. The van der Waals surface area contributed by atoms with E-state index in [1.807, 2.05) is 19.1 Å². The molecule has 124 valence electrons. The third-order valence-corrected chi connectivity index (χ3v) is 5.26. The first-order chi connectivity index (χ1) is 11.7. The zero-order valence-electron chi connectivity index (χ0n) is 13.4. The van der Waals surface area contributed by atoms with Crippen molar-refractivity contribution in [3.8, 4) is 23.0 Å². The highest BCUT2D eigenvalue weighted by atomic mass is 16.7. The molecule has 0 saturated carbocycles. The second kappa shape index (κ2) is 5.05. The lowest BCUT2D eigenvalue weighted by molar-refractivity contribution is 0.135. The van der Waals surface area contributed by atoms with Gasteiger partial charge < -0.3 is 24.1 Å². The Hall–Kier alpha value is -2.40. The van der Waals surface area contributed by atoms with E-state index in [4.69, 9.17) is 18.9 Å². The van der Waals surface area contributed by atoms with Gasteiger partial charge in [0.25, 0.3) is 0 Å². The number of rotatable bonds is 1. The zero-order valence-corrected chi connectivity index (χ0v) is 13.4. The fourth-order valence-corrected chi connectivity index (χ4v) is 3.99. The van der Waals surface area contributed by atoms with Crippen LogP contribution in [0.4, 0.5) is 0 Å². The molecule has 1 aliphatic carbocycles. The summed E-state index contributed by atoms with van der Waals surface area (Å²) < 4.78 is 22.0. The van der Waals surface area contributed by atoms with Crippen molar-refractivity contribution in [3.63, 3.8) is 0 Å². The number of aliphatic hydroxyl groups is 1. The highest BCUT2D eigenvalue weighted by Crippen LogP contribution is 2.44. The highest BCUT2D eigenvalue weighted by Gasteiger charge is 2.33. The van der Waals surface area contributed by atoms with Crippen LogP contribution in [0, 0.1) is 6.92 Å². The minimum atomic E-state index is -0.433.